The Morgan fingerprint density at radius 3 is 2.43 bits per heavy atom. The van der Waals surface area contributed by atoms with Crippen LogP contribution in [0.15, 0.2) is 24.3 Å². The van der Waals surface area contributed by atoms with Crippen molar-refractivity contribution >= 4 is 14.3 Å². The largest absolute Gasteiger partial charge is 0.481 e. The minimum atomic E-state index is -1.89. The number of carboxylic acid groups (broad SMARTS) is 1. The van der Waals surface area contributed by atoms with Crippen LogP contribution in [0.4, 0.5) is 4.39 Å². The Kier molecular flexibility index (Phi) is 6.78. The van der Waals surface area contributed by atoms with Crippen LogP contribution >= 0.6 is 0 Å². The molecule has 158 valence electrons. The summed E-state index contributed by atoms with van der Waals surface area (Å²) in [5.74, 6) is -0.685. The summed E-state index contributed by atoms with van der Waals surface area (Å²) in [6.07, 6.45) is 0.0820. The molecule has 2 atom stereocenters. The molecular weight excluding hydrogens is 373 g/mol. The lowest BCUT2D eigenvalue weighted by Gasteiger charge is -2.37. The van der Waals surface area contributed by atoms with Crippen LogP contribution in [-0.2, 0) is 9.22 Å². The number of hydrogen-bond donors (Lipinski definition) is 1. The normalized spacial score (nSPS) is 21.9. The van der Waals surface area contributed by atoms with E-state index in [1.165, 1.54) is 6.07 Å². The van der Waals surface area contributed by atoms with Crippen molar-refractivity contribution in [3.8, 4) is 0 Å². The van der Waals surface area contributed by atoms with Gasteiger partial charge in [0.2, 0.25) is 0 Å². The topological polar surface area (TPSA) is 49.8 Å². The van der Waals surface area contributed by atoms with Crippen LogP contribution in [-0.4, -0.2) is 49.5 Å². The lowest BCUT2D eigenvalue weighted by Crippen LogP contribution is -2.45. The quantitative estimate of drug-likeness (QED) is 0.635. The van der Waals surface area contributed by atoms with E-state index in [0.29, 0.717) is 6.61 Å². The van der Waals surface area contributed by atoms with Crippen molar-refractivity contribution in [2.24, 2.45) is 5.92 Å². The van der Waals surface area contributed by atoms with Gasteiger partial charge in [0.05, 0.1) is 6.42 Å². The summed E-state index contributed by atoms with van der Waals surface area (Å²) in [4.78, 5) is 13.6. The van der Waals surface area contributed by atoms with Crippen molar-refractivity contribution in [2.45, 2.75) is 70.6 Å². The highest BCUT2D eigenvalue weighted by molar-refractivity contribution is 6.74. The number of nitrogens with zero attached hydrogens (tertiary/aromatic N) is 1. The molecule has 0 aromatic heterocycles. The highest BCUT2D eigenvalue weighted by Gasteiger charge is 2.43. The molecule has 0 amide bonds. The van der Waals surface area contributed by atoms with Crippen LogP contribution < -0.4 is 0 Å². The van der Waals surface area contributed by atoms with Crippen LogP contribution in [0.5, 0.6) is 0 Å². The average Bonchev–Trinajstić information content (AvgIpc) is 2.96. The lowest BCUT2D eigenvalue weighted by molar-refractivity contribution is -0.139. The molecule has 0 unspecified atom stereocenters. The van der Waals surface area contributed by atoms with Gasteiger partial charge in [-0.3, -0.25) is 9.69 Å². The summed E-state index contributed by atoms with van der Waals surface area (Å²) in [6.45, 7) is 17.2. The zero-order valence-corrected chi connectivity index (χ0v) is 19.4. The molecule has 0 radical (unpaired) electrons. The molecule has 1 aliphatic rings. The van der Waals surface area contributed by atoms with E-state index in [2.05, 4.69) is 38.8 Å². The second-order valence-electron chi connectivity index (χ2n) is 10.3. The zero-order chi connectivity index (χ0) is 21.3. The maximum absolute atomic E-state index is 13.9. The summed E-state index contributed by atoms with van der Waals surface area (Å²) >= 11 is 0. The van der Waals surface area contributed by atoms with Gasteiger partial charge in [0, 0.05) is 37.1 Å². The Labute approximate surface area is 170 Å². The van der Waals surface area contributed by atoms with Gasteiger partial charge in [-0.05, 0) is 49.7 Å². The Morgan fingerprint density at radius 2 is 1.89 bits per heavy atom. The first-order chi connectivity index (χ1) is 12.7. The number of likely N-dealkylation sites (tertiary alicyclic amines) is 1. The highest BCUT2D eigenvalue weighted by Crippen LogP contribution is 2.41. The number of hydrogen-bond acceptors (Lipinski definition) is 3. The van der Waals surface area contributed by atoms with Crippen molar-refractivity contribution in [1.82, 2.24) is 4.90 Å². The number of halogens is 1. The maximum atomic E-state index is 13.9. The number of carboxylic acids is 1. The molecule has 0 bridgehead atoms. The fourth-order valence-corrected chi connectivity index (χ4v) is 4.73. The van der Waals surface area contributed by atoms with Gasteiger partial charge in [0.15, 0.2) is 8.32 Å². The third kappa shape index (κ3) is 5.42. The Bertz CT molecular complexity index is 699. The monoisotopic (exact) mass is 409 g/mol. The Morgan fingerprint density at radius 1 is 1.25 bits per heavy atom. The van der Waals surface area contributed by atoms with E-state index in [-0.39, 0.29) is 29.1 Å². The van der Waals surface area contributed by atoms with Gasteiger partial charge in [0.1, 0.15) is 5.82 Å². The van der Waals surface area contributed by atoms with Crippen molar-refractivity contribution in [3.05, 3.63) is 35.6 Å². The Balaban J connectivity index is 2.24. The van der Waals surface area contributed by atoms with Crippen LogP contribution in [0, 0.1) is 11.7 Å². The van der Waals surface area contributed by atoms with E-state index < -0.39 is 19.8 Å². The predicted octanol–water partition coefficient (Wildman–Crippen LogP) is 5.12. The molecule has 0 saturated carbocycles. The molecule has 0 spiro atoms. The first-order valence-electron chi connectivity index (χ1n) is 10.1. The van der Waals surface area contributed by atoms with Gasteiger partial charge in [-0.15, -0.1) is 0 Å². The summed E-state index contributed by atoms with van der Waals surface area (Å²) in [6, 6.07) is 6.80. The van der Waals surface area contributed by atoms with E-state index in [4.69, 9.17) is 4.43 Å². The molecule has 1 aliphatic heterocycles. The second kappa shape index (κ2) is 8.25. The number of carbonyl (C=O) groups is 1. The van der Waals surface area contributed by atoms with E-state index in [1.54, 1.807) is 12.1 Å². The molecule has 4 nitrogen and oxygen atoms in total. The zero-order valence-electron chi connectivity index (χ0n) is 18.4. The molecular formula is C22H36FNO3Si. The Hall–Kier alpha value is -1.24. The van der Waals surface area contributed by atoms with Crippen molar-refractivity contribution in [1.29, 1.82) is 0 Å². The standard InChI is InChI=1S/C22H36FNO3Si/c1-21(2,3)28(6,7)27-15-17-13-24(22(4,5)12-20(25)26)14-19(17)16-9-8-10-18(23)11-16/h8-11,17,19H,12-15H2,1-7H3,(H,25,26)/t17-,19-/m1/s1. The molecule has 6 heteroatoms. The van der Waals surface area contributed by atoms with E-state index in [9.17, 15) is 14.3 Å². The van der Waals surface area contributed by atoms with Gasteiger partial charge in [-0.1, -0.05) is 32.9 Å². The van der Waals surface area contributed by atoms with Crippen LogP contribution in [0.3, 0.4) is 0 Å². The van der Waals surface area contributed by atoms with Gasteiger partial charge in [-0.2, -0.15) is 0 Å². The fraction of sp³-hybridized carbons (Fsp3) is 0.682. The fourth-order valence-electron chi connectivity index (χ4n) is 3.66. The summed E-state index contributed by atoms with van der Waals surface area (Å²) in [7, 11) is -1.89. The molecule has 1 aromatic rings. The minimum absolute atomic E-state index is 0.0820. The number of rotatable bonds is 7. The summed E-state index contributed by atoms with van der Waals surface area (Å²) in [5, 5.41) is 9.43. The summed E-state index contributed by atoms with van der Waals surface area (Å²) < 4.78 is 20.4. The SMILES string of the molecule is CC(C)(CC(=O)O)N1C[C@H](CO[Si](C)(C)C(C)(C)C)[C@@H](c2cccc(F)c2)C1. The molecule has 1 heterocycles. The van der Waals surface area contributed by atoms with Gasteiger partial charge in [-0.25, -0.2) is 4.39 Å². The molecule has 0 aliphatic carbocycles. The highest BCUT2D eigenvalue weighted by atomic mass is 28.4. The second-order valence-corrected chi connectivity index (χ2v) is 15.1. The lowest BCUT2D eigenvalue weighted by atomic mass is 9.89. The smallest absolute Gasteiger partial charge is 0.305 e. The minimum Gasteiger partial charge on any atom is -0.481 e. The molecule has 1 saturated heterocycles. The van der Waals surface area contributed by atoms with Crippen LogP contribution in [0.2, 0.25) is 18.1 Å². The molecule has 2 rings (SSSR count). The first-order valence-corrected chi connectivity index (χ1v) is 13.0. The van der Waals surface area contributed by atoms with Crippen molar-refractivity contribution < 1.29 is 18.7 Å². The van der Waals surface area contributed by atoms with Gasteiger partial charge in [0.25, 0.3) is 0 Å². The van der Waals surface area contributed by atoms with Crippen molar-refractivity contribution in [3.63, 3.8) is 0 Å². The molecule has 1 N–H and O–H groups in total. The third-order valence-corrected chi connectivity index (χ3v) is 11.1. The molecule has 28 heavy (non-hydrogen) atoms. The van der Waals surface area contributed by atoms with Gasteiger partial charge >= 0.3 is 5.97 Å². The third-order valence-electron chi connectivity index (χ3n) is 6.62. The van der Waals surface area contributed by atoms with Crippen LogP contribution in [0.25, 0.3) is 0 Å². The van der Waals surface area contributed by atoms with E-state index in [1.807, 2.05) is 19.9 Å². The number of aliphatic carboxylic acids is 1. The van der Waals surface area contributed by atoms with Crippen LogP contribution in [0.1, 0.15) is 52.5 Å². The van der Waals surface area contributed by atoms with Crippen molar-refractivity contribution in [2.75, 3.05) is 19.7 Å². The van der Waals surface area contributed by atoms with Gasteiger partial charge < -0.3 is 9.53 Å². The average molecular weight is 410 g/mol. The van der Waals surface area contributed by atoms with E-state index >= 15 is 0 Å². The first kappa shape index (κ1) is 23.0. The predicted molar refractivity (Wildman–Crippen MR) is 114 cm³/mol. The van der Waals surface area contributed by atoms with E-state index in [0.717, 1.165) is 18.7 Å². The maximum Gasteiger partial charge on any atom is 0.305 e. The summed E-state index contributed by atoms with van der Waals surface area (Å²) in [5.41, 5.74) is 0.515. The molecule has 1 fully saturated rings. The number of benzene rings is 1. The molecule has 1 aromatic carbocycles.